The van der Waals surface area contributed by atoms with Gasteiger partial charge in [0.25, 0.3) is 0 Å². The highest BCUT2D eigenvalue weighted by molar-refractivity contribution is 6.34. The van der Waals surface area contributed by atoms with Gasteiger partial charge in [-0.15, -0.1) is 0 Å². The zero-order valence-electron chi connectivity index (χ0n) is 24.0. The minimum Gasteiger partial charge on any atom is -0.289 e. The Morgan fingerprint density at radius 3 is 1.66 bits per heavy atom. The van der Waals surface area contributed by atoms with E-state index >= 15 is 0 Å². The van der Waals surface area contributed by atoms with Gasteiger partial charge in [0.1, 0.15) is 35.4 Å². The first-order valence-corrected chi connectivity index (χ1v) is 15.2. The van der Waals surface area contributed by atoms with E-state index in [1.54, 1.807) is 36.4 Å². The van der Waals surface area contributed by atoms with Gasteiger partial charge in [-0.25, -0.2) is 0 Å². The van der Waals surface area contributed by atoms with Crippen LogP contribution in [0.25, 0.3) is 11.1 Å². The Labute approximate surface area is 266 Å². The third-order valence-corrected chi connectivity index (χ3v) is 9.31. The number of nitriles is 4. The lowest BCUT2D eigenvalue weighted by Crippen LogP contribution is -2.12. The van der Waals surface area contributed by atoms with Crippen LogP contribution in [0.2, 0.25) is 10.0 Å². The van der Waals surface area contributed by atoms with Gasteiger partial charge in [0.2, 0.25) is 0 Å². The van der Waals surface area contributed by atoms with Crippen LogP contribution in [0.15, 0.2) is 70.8 Å². The number of allylic oxidation sites excluding steroid dienone is 8. The van der Waals surface area contributed by atoms with Crippen LogP contribution in [0.3, 0.4) is 0 Å². The predicted octanol–water partition coefficient (Wildman–Crippen LogP) is 8.76. The molecule has 6 nitrogen and oxygen atoms in total. The molecule has 216 valence electrons. The number of nitrogens with zero attached hydrogens (tertiary/aromatic N) is 4. The number of Topliss-reactive ketones (excluding diaryl/α,β-unsaturated/α-hetero) is 2. The van der Waals surface area contributed by atoms with Crippen LogP contribution >= 0.6 is 23.2 Å². The molecule has 0 radical (unpaired) electrons. The molecule has 44 heavy (non-hydrogen) atoms. The number of benzene rings is 2. The Kier molecular flexibility index (Phi) is 8.99. The number of halogens is 2. The number of carbonyl (C=O) groups excluding carboxylic acids is 2. The van der Waals surface area contributed by atoms with Crippen LogP contribution in [-0.2, 0) is 0 Å². The quantitative estimate of drug-likeness (QED) is 0.245. The van der Waals surface area contributed by atoms with Crippen LogP contribution in [-0.4, -0.2) is 11.6 Å². The maximum Gasteiger partial charge on any atom is 0.194 e. The molecule has 3 atom stereocenters. The van der Waals surface area contributed by atoms with Gasteiger partial charge in [-0.05, 0) is 78.8 Å². The second kappa shape index (κ2) is 12.9. The Morgan fingerprint density at radius 1 is 0.682 bits per heavy atom. The molecule has 3 aliphatic carbocycles. The molecule has 0 N–H and O–H groups in total. The highest BCUT2D eigenvalue weighted by Gasteiger charge is 2.35. The van der Waals surface area contributed by atoms with Crippen molar-refractivity contribution in [3.05, 3.63) is 103 Å². The van der Waals surface area contributed by atoms with Crippen molar-refractivity contribution >= 4 is 45.9 Å². The van der Waals surface area contributed by atoms with Crippen LogP contribution in [0, 0.1) is 63.1 Å². The topological polar surface area (TPSA) is 129 Å². The predicted molar refractivity (Wildman–Crippen MR) is 168 cm³/mol. The fraction of sp³-hybridized carbons (Fsp3) is 0.278. The Hall–Kier alpha value is -4.72. The van der Waals surface area contributed by atoms with E-state index in [4.69, 9.17) is 23.2 Å². The lowest BCUT2D eigenvalue weighted by atomic mass is 9.83. The van der Waals surface area contributed by atoms with Gasteiger partial charge < -0.3 is 0 Å². The van der Waals surface area contributed by atoms with Gasteiger partial charge in [0, 0.05) is 43.5 Å². The summed E-state index contributed by atoms with van der Waals surface area (Å²) >= 11 is 12.4. The maximum absolute atomic E-state index is 13.5. The molecule has 0 spiro atoms. The third kappa shape index (κ3) is 5.64. The Balaban J connectivity index is 1.46. The van der Waals surface area contributed by atoms with Gasteiger partial charge in [-0.3, -0.25) is 9.59 Å². The minimum absolute atomic E-state index is 0.0255. The number of hydrogen-bond donors (Lipinski definition) is 0. The van der Waals surface area contributed by atoms with Crippen molar-refractivity contribution in [2.75, 3.05) is 0 Å². The zero-order chi connectivity index (χ0) is 31.5. The minimum atomic E-state index is -0.236. The highest BCUT2D eigenvalue weighted by Crippen LogP contribution is 2.44. The Bertz CT molecular complexity index is 1870. The summed E-state index contributed by atoms with van der Waals surface area (Å²) < 4.78 is 0. The van der Waals surface area contributed by atoms with Gasteiger partial charge in [0.15, 0.2) is 11.6 Å². The third-order valence-electron chi connectivity index (χ3n) is 8.84. The molecule has 1 fully saturated rings. The lowest BCUT2D eigenvalue weighted by molar-refractivity contribution is 0.103. The first-order valence-electron chi connectivity index (χ1n) is 14.4. The monoisotopic (exact) mass is 616 g/mol. The molecule has 8 heteroatoms. The number of rotatable bonds is 2. The van der Waals surface area contributed by atoms with E-state index in [9.17, 15) is 30.6 Å². The molecule has 2 aromatic carbocycles. The molecule has 1 saturated carbocycles. The zero-order valence-corrected chi connectivity index (χ0v) is 25.5. The first-order chi connectivity index (χ1) is 21.2. The van der Waals surface area contributed by atoms with Crippen LogP contribution < -0.4 is 0 Å². The van der Waals surface area contributed by atoms with Crippen molar-refractivity contribution in [3.63, 3.8) is 0 Å². The van der Waals surface area contributed by atoms with Crippen LogP contribution in [0.4, 0.5) is 0 Å². The van der Waals surface area contributed by atoms with Gasteiger partial charge in [0.05, 0.1) is 0 Å². The maximum atomic E-state index is 13.5. The smallest absolute Gasteiger partial charge is 0.194 e. The van der Waals surface area contributed by atoms with E-state index in [1.165, 1.54) is 0 Å². The van der Waals surface area contributed by atoms with Crippen LogP contribution in [0.5, 0.6) is 0 Å². The highest BCUT2D eigenvalue weighted by atomic mass is 35.5. The van der Waals surface area contributed by atoms with E-state index in [-0.39, 0.29) is 40.5 Å². The van der Waals surface area contributed by atoms with E-state index in [1.807, 2.05) is 36.4 Å². The van der Waals surface area contributed by atoms with Gasteiger partial charge in [-0.1, -0.05) is 67.3 Å². The summed E-state index contributed by atoms with van der Waals surface area (Å²) in [7, 11) is 0. The second-order valence-corrected chi connectivity index (χ2v) is 12.3. The van der Waals surface area contributed by atoms with E-state index in [2.05, 4.69) is 6.92 Å². The lowest BCUT2D eigenvalue weighted by Gasteiger charge is -2.22. The molecule has 0 amide bonds. The summed E-state index contributed by atoms with van der Waals surface area (Å²) in [6.07, 6.45) is 8.84. The number of fused-ring (bicyclic) bond motifs is 2. The normalized spacial score (nSPS) is 23.0. The summed E-state index contributed by atoms with van der Waals surface area (Å²) in [5, 5.41) is 39.6. The molecule has 0 aliphatic heterocycles. The fourth-order valence-electron chi connectivity index (χ4n) is 6.55. The number of carbonyl (C=O) groups is 2. The molecule has 2 unspecified atom stereocenters. The summed E-state index contributed by atoms with van der Waals surface area (Å²) in [5.41, 5.74) is 3.16. The van der Waals surface area contributed by atoms with Crippen molar-refractivity contribution in [2.24, 2.45) is 17.8 Å². The van der Waals surface area contributed by atoms with Gasteiger partial charge in [-0.2, -0.15) is 21.0 Å². The number of ketones is 2. The standard InChI is InChI=1S/C36H26Cl2N4O2/c1-20-6-7-21(12-31-33(23(16-39)17-40)27-10-8-25(37)14-29(27)35(31)43)4-2-3-5-22(20)13-32-34(24(18-41)19-42)28-11-9-26(38)15-30(28)36(32)44/h8-15,20-22H,2-7H2,1H3/b31-12-,32-13-/t20?,21?,22-/m1/s1. The summed E-state index contributed by atoms with van der Waals surface area (Å²) in [5.74, 6) is -0.243. The Morgan fingerprint density at radius 2 is 1.16 bits per heavy atom. The van der Waals surface area contributed by atoms with Crippen LogP contribution in [0.1, 0.15) is 77.3 Å². The molecule has 0 aromatic heterocycles. The molecule has 3 aliphatic rings. The molecule has 0 bridgehead atoms. The molecule has 0 saturated heterocycles. The fourth-order valence-corrected chi connectivity index (χ4v) is 6.90. The van der Waals surface area contributed by atoms with E-state index in [0.29, 0.717) is 54.6 Å². The van der Waals surface area contributed by atoms with Crippen molar-refractivity contribution < 1.29 is 9.59 Å². The van der Waals surface area contributed by atoms with E-state index in [0.717, 1.165) is 38.5 Å². The SMILES string of the molecule is CC1CCC(/C=C2\C(=O)c3cc(Cl)ccc3C2=C(C#N)C#N)CCCC[C@@H]1/C=C1\C(=O)c2cc(Cl)ccc2C1=C(C#N)C#N. The number of hydrogen-bond acceptors (Lipinski definition) is 6. The van der Waals surface area contributed by atoms with Crippen molar-refractivity contribution in [1.82, 2.24) is 0 Å². The summed E-state index contributed by atoms with van der Waals surface area (Å²) in [6.45, 7) is 2.13. The van der Waals surface area contributed by atoms with Gasteiger partial charge >= 0.3 is 0 Å². The second-order valence-electron chi connectivity index (χ2n) is 11.4. The average molecular weight is 618 g/mol. The summed E-state index contributed by atoms with van der Waals surface area (Å²) in [6, 6.07) is 17.7. The molecular weight excluding hydrogens is 591 g/mol. The molecule has 0 heterocycles. The van der Waals surface area contributed by atoms with E-state index < -0.39 is 0 Å². The largest absolute Gasteiger partial charge is 0.289 e. The molecule has 5 rings (SSSR count). The van der Waals surface area contributed by atoms with Crippen molar-refractivity contribution in [3.8, 4) is 24.3 Å². The van der Waals surface area contributed by atoms with Crippen molar-refractivity contribution in [2.45, 2.75) is 45.4 Å². The first kappa shape index (κ1) is 30.7. The summed E-state index contributed by atoms with van der Waals surface area (Å²) in [4.78, 5) is 27.0. The van der Waals surface area contributed by atoms with Crippen molar-refractivity contribution in [1.29, 1.82) is 21.0 Å². The molecule has 2 aromatic rings. The molecular formula is C36H26Cl2N4O2. The average Bonchev–Trinajstić information content (AvgIpc) is 3.46.